The van der Waals surface area contributed by atoms with Gasteiger partial charge in [0.1, 0.15) is 5.75 Å². The van der Waals surface area contributed by atoms with Crippen LogP contribution in [-0.2, 0) is 4.79 Å². The maximum atomic E-state index is 12.3. The van der Waals surface area contributed by atoms with Crippen LogP contribution in [0.4, 0.5) is 0 Å². The van der Waals surface area contributed by atoms with Crippen molar-refractivity contribution in [3.8, 4) is 5.75 Å². The van der Waals surface area contributed by atoms with Crippen molar-refractivity contribution in [3.63, 3.8) is 0 Å². The molecule has 104 valence electrons. The summed E-state index contributed by atoms with van der Waals surface area (Å²) in [4.78, 5) is 24.4. The van der Waals surface area contributed by atoms with E-state index in [1.807, 2.05) is 0 Å². The topological polar surface area (TPSA) is 77.8 Å². The van der Waals surface area contributed by atoms with Crippen LogP contribution >= 0.6 is 11.6 Å². The van der Waals surface area contributed by atoms with Gasteiger partial charge in [0.15, 0.2) is 0 Å². The molecule has 0 radical (unpaired) electrons. The minimum atomic E-state index is -0.972. The summed E-state index contributed by atoms with van der Waals surface area (Å²) in [5, 5.41) is 18.4. The maximum Gasteiger partial charge on any atom is 0.305 e. The first-order valence-electron chi connectivity index (χ1n) is 5.88. The number of carbonyl (C=O) groups is 2. The second-order valence-electron chi connectivity index (χ2n) is 4.20. The molecule has 1 rings (SSSR count). The van der Waals surface area contributed by atoms with E-state index < -0.39 is 17.9 Å². The minimum absolute atomic E-state index is 0.0605. The van der Waals surface area contributed by atoms with Crippen LogP contribution in [-0.4, -0.2) is 39.6 Å². The van der Waals surface area contributed by atoms with Crippen molar-refractivity contribution in [3.05, 3.63) is 28.8 Å². The number of phenolic OH excluding ortho intramolecular Hbond substituents is 1. The molecule has 0 saturated carbocycles. The summed E-state index contributed by atoms with van der Waals surface area (Å²) in [6.45, 7) is 3.78. The minimum Gasteiger partial charge on any atom is -0.508 e. The van der Waals surface area contributed by atoms with E-state index in [9.17, 15) is 14.7 Å². The van der Waals surface area contributed by atoms with Gasteiger partial charge in [-0.15, -0.1) is 0 Å². The lowest BCUT2D eigenvalue weighted by molar-refractivity contribution is -0.138. The number of amides is 1. The van der Waals surface area contributed by atoms with Crippen molar-refractivity contribution in [2.45, 2.75) is 26.3 Å². The van der Waals surface area contributed by atoms with Crippen LogP contribution in [0.15, 0.2) is 18.2 Å². The zero-order valence-corrected chi connectivity index (χ0v) is 11.5. The standard InChI is InChI=1S/C13H16ClNO4/c1-3-15(8(2)6-12(17)18)13(19)10-7-9(16)4-5-11(10)14/h4-5,7-8,16H,3,6H2,1-2H3,(H,17,18). The van der Waals surface area contributed by atoms with Crippen LogP contribution in [0.5, 0.6) is 5.75 Å². The first-order chi connectivity index (χ1) is 8.86. The highest BCUT2D eigenvalue weighted by molar-refractivity contribution is 6.33. The number of hydrogen-bond acceptors (Lipinski definition) is 3. The monoisotopic (exact) mass is 285 g/mol. The molecule has 0 heterocycles. The van der Waals surface area contributed by atoms with E-state index in [4.69, 9.17) is 16.7 Å². The Balaban J connectivity index is 3.01. The van der Waals surface area contributed by atoms with Gasteiger partial charge in [-0.25, -0.2) is 0 Å². The van der Waals surface area contributed by atoms with Crippen molar-refractivity contribution in [1.29, 1.82) is 0 Å². The smallest absolute Gasteiger partial charge is 0.305 e. The van der Waals surface area contributed by atoms with E-state index in [0.717, 1.165) is 0 Å². The van der Waals surface area contributed by atoms with Crippen LogP contribution < -0.4 is 0 Å². The molecule has 1 aromatic carbocycles. The summed E-state index contributed by atoms with van der Waals surface area (Å²) >= 11 is 5.93. The molecule has 0 fully saturated rings. The molecule has 0 aliphatic heterocycles. The van der Waals surface area contributed by atoms with Gasteiger partial charge in [0.25, 0.3) is 5.91 Å². The van der Waals surface area contributed by atoms with Gasteiger partial charge in [0, 0.05) is 12.6 Å². The third-order valence-electron chi connectivity index (χ3n) is 2.78. The molecule has 6 heteroatoms. The van der Waals surface area contributed by atoms with Crippen molar-refractivity contribution >= 4 is 23.5 Å². The van der Waals surface area contributed by atoms with Gasteiger partial charge in [-0.3, -0.25) is 9.59 Å². The van der Waals surface area contributed by atoms with Crippen LogP contribution in [0.1, 0.15) is 30.6 Å². The number of carbonyl (C=O) groups excluding carboxylic acids is 1. The molecule has 5 nitrogen and oxygen atoms in total. The van der Waals surface area contributed by atoms with Crippen LogP contribution in [0.3, 0.4) is 0 Å². The third-order valence-corrected chi connectivity index (χ3v) is 3.11. The molecule has 0 saturated heterocycles. The Bertz CT molecular complexity index is 490. The molecule has 0 aliphatic rings. The Kier molecular flexibility index (Phi) is 5.18. The normalized spacial score (nSPS) is 11.9. The van der Waals surface area contributed by atoms with Crippen LogP contribution in [0, 0.1) is 0 Å². The number of aliphatic carboxylic acids is 1. The molecule has 1 amide bonds. The maximum absolute atomic E-state index is 12.3. The summed E-state index contributed by atoms with van der Waals surface area (Å²) in [6.07, 6.45) is -0.143. The van der Waals surface area contributed by atoms with Crippen molar-refractivity contribution in [2.24, 2.45) is 0 Å². The summed E-state index contributed by atoms with van der Waals surface area (Å²) < 4.78 is 0. The van der Waals surface area contributed by atoms with E-state index in [2.05, 4.69) is 0 Å². The van der Waals surface area contributed by atoms with Gasteiger partial charge in [-0.2, -0.15) is 0 Å². The number of phenols is 1. The van der Waals surface area contributed by atoms with Crippen molar-refractivity contribution in [2.75, 3.05) is 6.54 Å². The van der Waals surface area contributed by atoms with E-state index in [0.29, 0.717) is 6.54 Å². The SMILES string of the molecule is CCN(C(=O)c1cc(O)ccc1Cl)C(C)CC(=O)O. The number of aromatic hydroxyl groups is 1. The fourth-order valence-electron chi connectivity index (χ4n) is 1.85. The van der Waals surface area contributed by atoms with Gasteiger partial charge in [-0.05, 0) is 32.0 Å². The van der Waals surface area contributed by atoms with Crippen LogP contribution in [0.2, 0.25) is 5.02 Å². The average Bonchev–Trinajstić information content (AvgIpc) is 2.32. The number of nitrogens with zero attached hydrogens (tertiary/aromatic N) is 1. The summed E-state index contributed by atoms with van der Waals surface area (Å²) in [7, 11) is 0. The molecule has 0 aromatic heterocycles. The Morgan fingerprint density at radius 2 is 2.05 bits per heavy atom. The molecular formula is C13H16ClNO4. The highest BCUT2D eigenvalue weighted by atomic mass is 35.5. The highest BCUT2D eigenvalue weighted by Crippen LogP contribution is 2.23. The van der Waals surface area contributed by atoms with Gasteiger partial charge < -0.3 is 15.1 Å². The molecule has 1 unspecified atom stereocenters. The molecule has 19 heavy (non-hydrogen) atoms. The van der Waals surface area contributed by atoms with E-state index in [1.54, 1.807) is 13.8 Å². The zero-order valence-electron chi connectivity index (χ0n) is 10.8. The lowest BCUT2D eigenvalue weighted by Gasteiger charge is -2.27. The molecule has 0 spiro atoms. The number of hydrogen-bond donors (Lipinski definition) is 2. The number of halogens is 1. The Labute approximate surface area is 116 Å². The van der Waals surface area contributed by atoms with E-state index in [1.165, 1.54) is 23.1 Å². The fraction of sp³-hybridized carbons (Fsp3) is 0.385. The predicted molar refractivity (Wildman–Crippen MR) is 71.5 cm³/mol. The Morgan fingerprint density at radius 3 is 2.58 bits per heavy atom. The lowest BCUT2D eigenvalue weighted by Crippen LogP contribution is -2.39. The van der Waals surface area contributed by atoms with Crippen LogP contribution in [0.25, 0.3) is 0 Å². The number of benzene rings is 1. The number of carboxylic acid groups (broad SMARTS) is 1. The van der Waals surface area contributed by atoms with Gasteiger partial charge in [-0.1, -0.05) is 11.6 Å². The molecule has 1 atom stereocenters. The molecule has 0 aliphatic carbocycles. The molecule has 1 aromatic rings. The number of rotatable bonds is 5. The van der Waals surface area contributed by atoms with Gasteiger partial charge in [0.05, 0.1) is 17.0 Å². The van der Waals surface area contributed by atoms with E-state index >= 15 is 0 Å². The zero-order chi connectivity index (χ0) is 14.6. The largest absolute Gasteiger partial charge is 0.508 e. The summed E-state index contributed by atoms with van der Waals surface area (Å²) in [5.41, 5.74) is 0.167. The second kappa shape index (κ2) is 6.43. The first kappa shape index (κ1) is 15.3. The first-order valence-corrected chi connectivity index (χ1v) is 6.25. The Morgan fingerprint density at radius 1 is 1.42 bits per heavy atom. The molecular weight excluding hydrogens is 270 g/mol. The quantitative estimate of drug-likeness (QED) is 0.870. The second-order valence-corrected chi connectivity index (χ2v) is 4.61. The van der Waals surface area contributed by atoms with Gasteiger partial charge >= 0.3 is 5.97 Å². The predicted octanol–water partition coefficient (Wildman–Crippen LogP) is 2.37. The summed E-state index contributed by atoms with van der Waals surface area (Å²) in [5.74, 6) is -1.42. The Hall–Kier alpha value is -1.75. The number of carboxylic acids is 1. The van der Waals surface area contributed by atoms with Crippen molar-refractivity contribution < 1.29 is 19.8 Å². The molecule has 0 bridgehead atoms. The molecule has 2 N–H and O–H groups in total. The van der Waals surface area contributed by atoms with E-state index in [-0.39, 0.29) is 22.8 Å². The average molecular weight is 286 g/mol. The summed E-state index contributed by atoms with van der Waals surface area (Å²) in [6, 6.07) is 3.64. The highest BCUT2D eigenvalue weighted by Gasteiger charge is 2.23. The van der Waals surface area contributed by atoms with Crippen molar-refractivity contribution in [1.82, 2.24) is 4.90 Å². The third kappa shape index (κ3) is 3.86. The lowest BCUT2D eigenvalue weighted by atomic mass is 10.1. The van der Waals surface area contributed by atoms with Gasteiger partial charge in [0.2, 0.25) is 0 Å². The fourth-order valence-corrected chi connectivity index (χ4v) is 2.05.